The molecule has 0 bridgehead atoms. The molecule has 0 aliphatic carbocycles. The maximum Gasteiger partial charge on any atom is 0.344 e. The Balaban J connectivity index is 1.62. The van der Waals surface area contributed by atoms with E-state index < -0.39 is 5.97 Å². The minimum atomic E-state index is -0.416. The molecular formula is C16H20INO5. The highest BCUT2D eigenvalue weighted by atomic mass is 127. The molecule has 0 saturated carbocycles. The highest BCUT2D eigenvalue weighted by Crippen LogP contribution is 2.24. The summed E-state index contributed by atoms with van der Waals surface area (Å²) >= 11 is 2.09. The molecule has 2 aliphatic rings. The molecule has 0 spiro atoms. The van der Waals surface area contributed by atoms with Gasteiger partial charge in [-0.3, -0.25) is 0 Å². The van der Waals surface area contributed by atoms with Gasteiger partial charge in [-0.25, -0.2) is 9.78 Å². The lowest BCUT2D eigenvalue weighted by atomic mass is 10.2. The molecule has 2 saturated heterocycles. The Morgan fingerprint density at radius 1 is 1.22 bits per heavy atom. The standard InChI is InChI=1S/C16H20INO5/c17-13-5-6-18-15(22-9-11-3-1-7-20-11)14(13)16(19)23-10-12-4-2-8-21-12/h5-6,11-12H,1-4,7-10H2. The van der Waals surface area contributed by atoms with E-state index in [1.807, 2.05) is 0 Å². The van der Waals surface area contributed by atoms with Gasteiger partial charge in [0, 0.05) is 23.0 Å². The second kappa shape index (κ2) is 8.25. The van der Waals surface area contributed by atoms with Crippen LogP contribution in [0.4, 0.5) is 0 Å². The molecule has 0 N–H and O–H groups in total. The molecule has 3 heterocycles. The maximum absolute atomic E-state index is 12.4. The smallest absolute Gasteiger partial charge is 0.344 e. The monoisotopic (exact) mass is 433 g/mol. The molecule has 2 aliphatic heterocycles. The minimum Gasteiger partial charge on any atom is -0.474 e. The Morgan fingerprint density at radius 3 is 2.57 bits per heavy atom. The van der Waals surface area contributed by atoms with E-state index in [1.165, 1.54) is 0 Å². The van der Waals surface area contributed by atoms with Crippen molar-refractivity contribution in [2.75, 3.05) is 26.4 Å². The number of halogens is 1. The van der Waals surface area contributed by atoms with Crippen LogP contribution in [0, 0.1) is 3.57 Å². The molecule has 0 radical (unpaired) electrons. The summed E-state index contributed by atoms with van der Waals surface area (Å²) in [5.41, 5.74) is 0.379. The van der Waals surface area contributed by atoms with Gasteiger partial charge in [-0.1, -0.05) is 0 Å². The van der Waals surface area contributed by atoms with E-state index in [2.05, 4.69) is 27.6 Å². The van der Waals surface area contributed by atoms with E-state index in [1.54, 1.807) is 12.3 Å². The van der Waals surface area contributed by atoms with Crippen molar-refractivity contribution in [3.63, 3.8) is 0 Å². The van der Waals surface area contributed by atoms with Gasteiger partial charge in [0.05, 0.1) is 12.2 Å². The normalized spacial score (nSPS) is 23.9. The predicted molar refractivity (Wildman–Crippen MR) is 90.7 cm³/mol. The predicted octanol–water partition coefficient (Wildman–Crippen LogP) is 2.58. The van der Waals surface area contributed by atoms with Gasteiger partial charge in [-0.15, -0.1) is 0 Å². The van der Waals surface area contributed by atoms with E-state index in [0.29, 0.717) is 18.1 Å². The minimum absolute atomic E-state index is 0.00420. The van der Waals surface area contributed by atoms with E-state index in [0.717, 1.165) is 42.5 Å². The quantitative estimate of drug-likeness (QED) is 0.508. The summed E-state index contributed by atoms with van der Waals surface area (Å²) in [5.74, 6) is -0.106. The first-order chi connectivity index (χ1) is 11.2. The van der Waals surface area contributed by atoms with Crippen LogP contribution in [-0.2, 0) is 14.2 Å². The third kappa shape index (κ3) is 4.54. The average Bonchev–Trinajstić information content (AvgIpc) is 3.24. The van der Waals surface area contributed by atoms with Gasteiger partial charge in [-0.2, -0.15) is 0 Å². The van der Waals surface area contributed by atoms with Gasteiger partial charge in [0.25, 0.3) is 0 Å². The Hall–Kier alpha value is -0.930. The Morgan fingerprint density at radius 2 is 1.91 bits per heavy atom. The molecule has 2 unspecified atom stereocenters. The van der Waals surface area contributed by atoms with Crippen LogP contribution in [-0.4, -0.2) is 49.6 Å². The van der Waals surface area contributed by atoms with Crippen molar-refractivity contribution in [1.82, 2.24) is 4.98 Å². The summed E-state index contributed by atoms with van der Waals surface area (Å²) in [6.45, 7) is 2.18. The molecule has 3 rings (SSSR count). The fraction of sp³-hybridized carbons (Fsp3) is 0.625. The van der Waals surface area contributed by atoms with Crippen LogP contribution in [0.3, 0.4) is 0 Å². The molecule has 23 heavy (non-hydrogen) atoms. The fourth-order valence-corrected chi connectivity index (χ4v) is 3.29. The molecule has 1 aromatic heterocycles. The van der Waals surface area contributed by atoms with Crippen LogP contribution in [0.5, 0.6) is 5.88 Å². The zero-order valence-corrected chi connectivity index (χ0v) is 15.0. The Bertz CT molecular complexity index is 541. The lowest BCUT2D eigenvalue weighted by Crippen LogP contribution is -2.21. The number of hydrogen-bond donors (Lipinski definition) is 0. The number of pyridine rings is 1. The molecule has 7 heteroatoms. The van der Waals surface area contributed by atoms with Crippen molar-refractivity contribution in [3.8, 4) is 5.88 Å². The molecule has 2 fully saturated rings. The zero-order valence-electron chi connectivity index (χ0n) is 12.8. The van der Waals surface area contributed by atoms with Crippen molar-refractivity contribution in [1.29, 1.82) is 0 Å². The summed E-state index contributed by atoms with van der Waals surface area (Å²) in [6.07, 6.45) is 5.67. The molecule has 0 amide bonds. The van der Waals surface area contributed by atoms with Gasteiger partial charge in [-0.05, 0) is 54.3 Å². The fourth-order valence-electron chi connectivity index (χ4n) is 2.68. The largest absolute Gasteiger partial charge is 0.474 e. The van der Waals surface area contributed by atoms with Gasteiger partial charge in [0.15, 0.2) is 0 Å². The second-order valence-electron chi connectivity index (χ2n) is 5.65. The van der Waals surface area contributed by atoms with Crippen LogP contribution in [0.1, 0.15) is 36.0 Å². The Labute approximate surface area is 149 Å². The first-order valence-electron chi connectivity index (χ1n) is 7.91. The number of carbonyl (C=O) groups is 1. The summed E-state index contributed by atoms with van der Waals surface area (Å²) in [7, 11) is 0. The molecule has 6 nitrogen and oxygen atoms in total. The number of esters is 1. The summed E-state index contributed by atoms with van der Waals surface area (Å²) in [5, 5.41) is 0. The first kappa shape index (κ1) is 16.9. The average molecular weight is 433 g/mol. The molecule has 1 aromatic rings. The van der Waals surface area contributed by atoms with E-state index >= 15 is 0 Å². The van der Waals surface area contributed by atoms with Crippen LogP contribution in [0.15, 0.2) is 12.3 Å². The van der Waals surface area contributed by atoms with Gasteiger partial charge in [0.2, 0.25) is 5.88 Å². The van der Waals surface area contributed by atoms with Gasteiger partial charge >= 0.3 is 5.97 Å². The highest BCUT2D eigenvalue weighted by molar-refractivity contribution is 14.1. The number of hydrogen-bond acceptors (Lipinski definition) is 6. The van der Waals surface area contributed by atoms with E-state index in [9.17, 15) is 4.79 Å². The third-order valence-corrected chi connectivity index (χ3v) is 4.82. The zero-order chi connectivity index (χ0) is 16.1. The summed E-state index contributed by atoms with van der Waals surface area (Å²) in [6, 6.07) is 1.77. The van der Waals surface area contributed by atoms with E-state index in [-0.39, 0.29) is 18.8 Å². The number of carbonyl (C=O) groups excluding carboxylic acids is 1. The van der Waals surface area contributed by atoms with E-state index in [4.69, 9.17) is 18.9 Å². The molecule has 0 aromatic carbocycles. The summed E-state index contributed by atoms with van der Waals surface area (Å²) in [4.78, 5) is 16.6. The molecule has 126 valence electrons. The number of nitrogens with zero attached hydrogens (tertiary/aromatic N) is 1. The first-order valence-corrected chi connectivity index (χ1v) is 8.99. The lowest BCUT2D eigenvalue weighted by molar-refractivity contribution is 0.0153. The number of aromatic nitrogens is 1. The topological polar surface area (TPSA) is 66.9 Å². The van der Waals surface area contributed by atoms with Crippen LogP contribution in [0.25, 0.3) is 0 Å². The van der Waals surface area contributed by atoms with Gasteiger partial charge in [0.1, 0.15) is 18.8 Å². The second-order valence-corrected chi connectivity index (χ2v) is 6.81. The van der Waals surface area contributed by atoms with Crippen LogP contribution in [0.2, 0.25) is 0 Å². The maximum atomic E-state index is 12.4. The highest BCUT2D eigenvalue weighted by Gasteiger charge is 2.24. The van der Waals surface area contributed by atoms with Crippen molar-refractivity contribution in [2.24, 2.45) is 0 Å². The van der Waals surface area contributed by atoms with Crippen molar-refractivity contribution in [2.45, 2.75) is 37.9 Å². The van der Waals surface area contributed by atoms with Crippen LogP contribution < -0.4 is 4.74 Å². The van der Waals surface area contributed by atoms with Gasteiger partial charge < -0.3 is 18.9 Å². The third-order valence-electron chi connectivity index (χ3n) is 3.92. The number of ether oxygens (including phenoxy) is 4. The van der Waals surface area contributed by atoms with Crippen molar-refractivity contribution >= 4 is 28.6 Å². The SMILES string of the molecule is O=C(OCC1CCCO1)c1c(I)ccnc1OCC1CCCO1. The molecule has 2 atom stereocenters. The lowest BCUT2D eigenvalue weighted by Gasteiger charge is -2.15. The van der Waals surface area contributed by atoms with Crippen LogP contribution >= 0.6 is 22.6 Å². The number of rotatable bonds is 6. The summed E-state index contributed by atoms with van der Waals surface area (Å²) < 4.78 is 22.9. The molecular weight excluding hydrogens is 413 g/mol. The van der Waals surface area contributed by atoms with Crippen molar-refractivity contribution < 1.29 is 23.7 Å². The van der Waals surface area contributed by atoms with Crippen molar-refractivity contribution in [3.05, 3.63) is 21.4 Å². The Kier molecular flexibility index (Phi) is 6.07.